The number of nitrogens with one attached hydrogen (secondary N) is 1. The summed E-state index contributed by atoms with van der Waals surface area (Å²) in [6.45, 7) is 2.86. The van der Waals surface area contributed by atoms with Gasteiger partial charge in [0.25, 0.3) is 0 Å². The van der Waals surface area contributed by atoms with Gasteiger partial charge in [-0.3, -0.25) is 4.90 Å². The van der Waals surface area contributed by atoms with Crippen molar-refractivity contribution in [3.8, 4) is 0 Å². The Bertz CT molecular complexity index is 729. The molecule has 134 valence electrons. The molecule has 2 heterocycles. The number of rotatable bonds is 4. The van der Waals surface area contributed by atoms with Gasteiger partial charge in [0.15, 0.2) is 0 Å². The Balaban J connectivity index is 1.33. The number of fused-ring (bicyclic) bond motifs is 1. The van der Waals surface area contributed by atoms with Crippen LogP contribution in [0.1, 0.15) is 32.1 Å². The van der Waals surface area contributed by atoms with E-state index in [1.54, 1.807) is 6.33 Å². The van der Waals surface area contributed by atoms with E-state index in [2.05, 4.69) is 20.2 Å². The monoisotopic (exact) mass is 341 g/mol. The number of hydrogen-bond acceptors (Lipinski definition) is 6. The van der Waals surface area contributed by atoms with Gasteiger partial charge in [0.2, 0.25) is 0 Å². The van der Waals surface area contributed by atoms with Crippen LogP contribution in [-0.4, -0.2) is 51.8 Å². The zero-order valence-corrected chi connectivity index (χ0v) is 14.6. The van der Waals surface area contributed by atoms with Gasteiger partial charge in [0.1, 0.15) is 12.1 Å². The number of hydrogen-bond donors (Lipinski definition) is 3. The molecule has 6 heteroatoms. The van der Waals surface area contributed by atoms with Gasteiger partial charge < -0.3 is 16.2 Å². The number of anilines is 2. The van der Waals surface area contributed by atoms with Crippen LogP contribution in [0.2, 0.25) is 0 Å². The minimum absolute atomic E-state index is 0.113. The Kier molecular flexibility index (Phi) is 4.72. The van der Waals surface area contributed by atoms with Crippen molar-refractivity contribution in [1.82, 2.24) is 14.9 Å². The summed E-state index contributed by atoms with van der Waals surface area (Å²) in [4.78, 5) is 11.2. The molecule has 4 rings (SSSR count). The Hall–Kier alpha value is -1.92. The lowest BCUT2D eigenvalue weighted by Gasteiger charge is -2.34. The molecule has 1 saturated carbocycles. The molecule has 1 saturated heterocycles. The van der Waals surface area contributed by atoms with Gasteiger partial charge in [-0.1, -0.05) is 0 Å². The fraction of sp³-hybridized carbons (Fsp3) is 0.579. The zero-order valence-electron chi connectivity index (χ0n) is 14.6. The number of nitrogen functional groups attached to an aromatic ring is 1. The summed E-state index contributed by atoms with van der Waals surface area (Å²) in [5.41, 5.74) is 7.57. The molecule has 1 aliphatic carbocycles. The maximum Gasteiger partial charge on any atom is 0.137 e. The van der Waals surface area contributed by atoms with Crippen molar-refractivity contribution >= 4 is 22.4 Å². The Labute approximate surface area is 148 Å². The molecule has 2 aliphatic rings. The number of aliphatic hydroxyl groups is 1. The van der Waals surface area contributed by atoms with Crippen molar-refractivity contribution in [1.29, 1.82) is 0 Å². The highest BCUT2D eigenvalue weighted by molar-refractivity contribution is 5.91. The molecule has 0 spiro atoms. The van der Waals surface area contributed by atoms with E-state index >= 15 is 0 Å². The van der Waals surface area contributed by atoms with Crippen LogP contribution in [0, 0.1) is 5.92 Å². The molecule has 1 aromatic heterocycles. The zero-order chi connectivity index (χ0) is 17.2. The molecule has 1 aliphatic heterocycles. The van der Waals surface area contributed by atoms with Crippen molar-refractivity contribution in [2.24, 2.45) is 5.92 Å². The average molecular weight is 341 g/mol. The van der Waals surface area contributed by atoms with Crippen LogP contribution in [0.25, 0.3) is 10.9 Å². The van der Waals surface area contributed by atoms with Crippen LogP contribution in [0.15, 0.2) is 24.5 Å². The Morgan fingerprint density at radius 2 is 2.00 bits per heavy atom. The molecular weight excluding hydrogens is 314 g/mol. The van der Waals surface area contributed by atoms with Crippen molar-refractivity contribution < 1.29 is 5.11 Å². The molecule has 2 aromatic rings. The average Bonchev–Trinajstić information content (AvgIpc) is 3.07. The molecule has 0 bridgehead atoms. The predicted molar refractivity (Wildman–Crippen MR) is 100 cm³/mol. The summed E-state index contributed by atoms with van der Waals surface area (Å²) < 4.78 is 0. The quantitative estimate of drug-likeness (QED) is 0.740. The van der Waals surface area contributed by atoms with Crippen LogP contribution in [0.5, 0.6) is 0 Å². The standard InChI is InChI=1S/C19H27N5O/c20-14-3-6-18-17(9-14)19(23-12-22-18)21-10-13-1-4-15(5-2-13)24-8-7-16(25)11-24/h3,6,9,12-13,15-16,25H,1-2,4-5,7-8,10-11,20H2,(H,21,22,23). The van der Waals surface area contributed by atoms with Gasteiger partial charge in [-0.2, -0.15) is 0 Å². The highest BCUT2D eigenvalue weighted by Gasteiger charge is 2.30. The van der Waals surface area contributed by atoms with Crippen LogP contribution >= 0.6 is 0 Å². The van der Waals surface area contributed by atoms with Gasteiger partial charge in [-0.05, 0) is 56.2 Å². The van der Waals surface area contributed by atoms with E-state index in [1.165, 1.54) is 25.7 Å². The van der Waals surface area contributed by atoms with E-state index in [9.17, 15) is 5.11 Å². The van der Waals surface area contributed by atoms with Gasteiger partial charge in [-0.15, -0.1) is 0 Å². The highest BCUT2D eigenvalue weighted by Crippen LogP contribution is 2.30. The first-order valence-corrected chi connectivity index (χ1v) is 9.35. The van der Waals surface area contributed by atoms with Gasteiger partial charge in [0, 0.05) is 36.7 Å². The van der Waals surface area contributed by atoms with Gasteiger partial charge in [-0.25, -0.2) is 9.97 Å². The first-order valence-electron chi connectivity index (χ1n) is 9.35. The SMILES string of the molecule is Nc1ccc2ncnc(NCC3CCC(N4CCC(O)C4)CC3)c2c1. The molecule has 1 aromatic carbocycles. The topological polar surface area (TPSA) is 87.3 Å². The van der Waals surface area contributed by atoms with Crippen LogP contribution in [0.4, 0.5) is 11.5 Å². The largest absolute Gasteiger partial charge is 0.399 e. The molecule has 1 unspecified atom stereocenters. The van der Waals surface area contributed by atoms with Crippen LogP contribution in [0.3, 0.4) is 0 Å². The van der Waals surface area contributed by atoms with Gasteiger partial charge in [0.05, 0.1) is 11.6 Å². The molecule has 1 atom stereocenters. The summed E-state index contributed by atoms with van der Waals surface area (Å²) in [6, 6.07) is 6.41. The highest BCUT2D eigenvalue weighted by atomic mass is 16.3. The lowest BCUT2D eigenvalue weighted by Crippen LogP contribution is -2.38. The number of nitrogens with two attached hydrogens (primary N) is 1. The summed E-state index contributed by atoms with van der Waals surface area (Å²) in [5.74, 6) is 1.55. The van der Waals surface area contributed by atoms with E-state index in [4.69, 9.17) is 5.73 Å². The van der Waals surface area contributed by atoms with E-state index in [0.717, 1.165) is 48.5 Å². The fourth-order valence-corrected chi connectivity index (χ4v) is 4.27. The summed E-state index contributed by atoms with van der Waals surface area (Å²) in [5, 5.41) is 14.2. The third kappa shape index (κ3) is 3.70. The summed E-state index contributed by atoms with van der Waals surface area (Å²) in [6.07, 6.45) is 7.36. The number of nitrogens with zero attached hydrogens (tertiary/aromatic N) is 3. The van der Waals surface area contributed by atoms with Crippen molar-refractivity contribution in [2.75, 3.05) is 30.7 Å². The second-order valence-electron chi connectivity index (χ2n) is 7.49. The number of β-amino-alcohol motifs (C(OH)–C–C–N with tert-alkyl or cyclic N) is 1. The van der Waals surface area contributed by atoms with E-state index in [0.29, 0.717) is 12.0 Å². The van der Waals surface area contributed by atoms with E-state index < -0.39 is 0 Å². The van der Waals surface area contributed by atoms with Gasteiger partial charge >= 0.3 is 0 Å². The molecule has 25 heavy (non-hydrogen) atoms. The third-order valence-electron chi connectivity index (χ3n) is 5.75. The van der Waals surface area contributed by atoms with Crippen LogP contribution in [-0.2, 0) is 0 Å². The first-order chi connectivity index (χ1) is 12.2. The molecular formula is C19H27N5O. The molecule has 6 nitrogen and oxygen atoms in total. The normalized spacial score (nSPS) is 27.6. The van der Waals surface area contributed by atoms with Crippen LogP contribution < -0.4 is 11.1 Å². The molecule has 0 amide bonds. The third-order valence-corrected chi connectivity index (χ3v) is 5.75. The second kappa shape index (κ2) is 7.14. The summed E-state index contributed by atoms with van der Waals surface area (Å²) in [7, 11) is 0. The first kappa shape index (κ1) is 16.5. The Morgan fingerprint density at radius 3 is 2.76 bits per heavy atom. The van der Waals surface area contributed by atoms with Crippen molar-refractivity contribution in [3.63, 3.8) is 0 Å². The number of benzene rings is 1. The van der Waals surface area contributed by atoms with Crippen molar-refractivity contribution in [3.05, 3.63) is 24.5 Å². The van der Waals surface area contributed by atoms with E-state index in [1.807, 2.05) is 18.2 Å². The predicted octanol–water partition coefficient (Wildman–Crippen LogP) is 2.25. The number of likely N-dealkylation sites (tertiary alicyclic amines) is 1. The molecule has 2 fully saturated rings. The molecule has 4 N–H and O–H groups in total. The maximum absolute atomic E-state index is 9.73. The Morgan fingerprint density at radius 1 is 1.16 bits per heavy atom. The van der Waals surface area contributed by atoms with Crippen molar-refractivity contribution in [2.45, 2.75) is 44.2 Å². The smallest absolute Gasteiger partial charge is 0.137 e. The lowest BCUT2D eigenvalue weighted by molar-refractivity contribution is 0.132. The number of aromatic nitrogens is 2. The summed E-state index contributed by atoms with van der Waals surface area (Å²) >= 11 is 0. The maximum atomic E-state index is 9.73. The fourth-order valence-electron chi connectivity index (χ4n) is 4.27. The lowest BCUT2D eigenvalue weighted by atomic mass is 9.85. The minimum Gasteiger partial charge on any atom is -0.399 e. The number of aliphatic hydroxyl groups excluding tert-OH is 1. The van der Waals surface area contributed by atoms with E-state index in [-0.39, 0.29) is 6.10 Å². The minimum atomic E-state index is -0.113. The molecule has 0 radical (unpaired) electrons. The second-order valence-corrected chi connectivity index (χ2v) is 7.49.